The number of nitrogens with one attached hydrogen (secondary N) is 1. The molecule has 2 N–H and O–H groups in total. The van der Waals surface area contributed by atoms with Crippen molar-refractivity contribution >= 4 is 28.5 Å². The summed E-state index contributed by atoms with van der Waals surface area (Å²) in [6, 6.07) is 8.04. The number of carbonyl (C=O) groups is 1. The molecule has 0 unspecified atom stereocenters. The predicted molar refractivity (Wildman–Crippen MR) is 86.3 cm³/mol. The Morgan fingerprint density at radius 1 is 1.21 bits per heavy atom. The summed E-state index contributed by atoms with van der Waals surface area (Å²) < 4.78 is 14.7. The summed E-state index contributed by atoms with van der Waals surface area (Å²) in [5.74, 6) is -2.27. The van der Waals surface area contributed by atoms with E-state index in [1.807, 2.05) is 0 Å². The van der Waals surface area contributed by atoms with E-state index >= 15 is 0 Å². The van der Waals surface area contributed by atoms with Crippen LogP contribution in [0.3, 0.4) is 0 Å². The topological polar surface area (TPSA) is 92.2 Å². The molecule has 0 saturated heterocycles. The monoisotopic (exact) mass is 348 g/mol. The van der Waals surface area contributed by atoms with Crippen molar-refractivity contribution in [3.05, 3.63) is 79.2 Å². The molecule has 6 nitrogen and oxygen atoms in total. The van der Waals surface area contributed by atoms with Gasteiger partial charge in [-0.2, -0.15) is 0 Å². The second-order valence-electron chi connectivity index (χ2n) is 5.13. The molecule has 1 aromatic heterocycles. The zero-order chi connectivity index (χ0) is 17.4. The van der Waals surface area contributed by atoms with Gasteiger partial charge in [-0.1, -0.05) is 17.7 Å². The number of hydrogen-bond acceptors (Lipinski definition) is 3. The molecule has 3 rings (SSSR count). The minimum Gasteiger partial charge on any atom is -0.478 e. The molecule has 0 spiro atoms. The third-order valence-electron chi connectivity index (χ3n) is 3.56. The second-order valence-corrected chi connectivity index (χ2v) is 5.56. The lowest BCUT2D eigenvalue weighted by Crippen LogP contribution is -2.30. The fourth-order valence-corrected chi connectivity index (χ4v) is 2.61. The third-order valence-corrected chi connectivity index (χ3v) is 3.80. The summed E-state index contributed by atoms with van der Waals surface area (Å²) in [4.78, 5) is 37.2. The average Bonchev–Trinajstić information content (AvgIpc) is 2.53. The number of aromatic amines is 1. The van der Waals surface area contributed by atoms with E-state index in [0.717, 1.165) is 12.1 Å². The number of aromatic nitrogens is 2. The number of hydrogen-bond donors (Lipinski definition) is 2. The molecular weight excluding hydrogens is 339 g/mol. The van der Waals surface area contributed by atoms with Crippen LogP contribution in [0.4, 0.5) is 4.39 Å². The number of fused-ring (bicyclic) bond motifs is 1. The molecule has 122 valence electrons. The molecule has 2 aromatic carbocycles. The molecule has 0 atom stereocenters. The molecule has 0 saturated carbocycles. The fraction of sp³-hybridized carbons (Fsp3) is 0.0625. The standard InChI is InChI=1S/C16H10ClFN2O4/c17-9-2-4-13-11(6-9)14(21)19-16(24)20(13)7-8-1-3-12(18)10(5-8)15(22)23/h1-6H,7H2,(H,22,23)(H,19,21,24). The van der Waals surface area contributed by atoms with Crippen molar-refractivity contribution in [1.29, 1.82) is 0 Å². The Kier molecular flexibility index (Phi) is 3.94. The maximum Gasteiger partial charge on any atom is 0.338 e. The first-order chi connectivity index (χ1) is 11.4. The molecule has 0 amide bonds. The minimum atomic E-state index is -1.40. The van der Waals surface area contributed by atoms with Crippen LogP contribution >= 0.6 is 11.6 Å². The van der Waals surface area contributed by atoms with Crippen molar-refractivity contribution < 1.29 is 14.3 Å². The SMILES string of the molecule is O=C(O)c1cc(Cn2c(=O)[nH]c(=O)c3cc(Cl)ccc32)ccc1F. The van der Waals surface area contributed by atoms with Crippen LogP contribution in [-0.2, 0) is 6.54 Å². The molecule has 0 fully saturated rings. The van der Waals surface area contributed by atoms with Crippen LogP contribution in [0.2, 0.25) is 5.02 Å². The summed E-state index contributed by atoms with van der Waals surface area (Å²) in [6.07, 6.45) is 0. The van der Waals surface area contributed by atoms with E-state index in [2.05, 4.69) is 4.98 Å². The molecule has 1 heterocycles. The lowest BCUT2D eigenvalue weighted by Gasteiger charge is -2.10. The van der Waals surface area contributed by atoms with E-state index in [0.29, 0.717) is 16.1 Å². The van der Waals surface area contributed by atoms with Crippen molar-refractivity contribution in [2.45, 2.75) is 6.54 Å². The third kappa shape index (κ3) is 2.81. The average molecular weight is 349 g/mol. The van der Waals surface area contributed by atoms with Crippen molar-refractivity contribution in [2.75, 3.05) is 0 Å². The van der Waals surface area contributed by atoms with E-state index in [-0.39, 0.29) is 11.9 Å². The molecule has 0 aliphatic heterocycles. The zero-order valence-electron chi connectivity index (χ0n) is 12.0. The summed E-state index contributed by atoms with van der Waals surface area (Å²) in [5.41, 5.74) is -0.971. The van der Waals surface area contributed by atoms with Crippen LogP contribution in [0, 0.1) is 5.82 Å². The Balaban J connectivity index is 2.18. The number of benzene rings is 2. The quantitative estimate of drug-likeness (QED) is 0.759. The summed E-state index contributed by atoms with van der Waals surface area (Å²) in [7, 11) is 0. The van der Waals surface area contributed by atoms with Crippen molar-refractivity contribution in [2.24, 2.45) is 0 Å². The highest BCUT2D eigenvalue weighted by atomic mass is 35.5. The summed E-state index contributed by atoms with van der Waals surface area (Å²) in [5, 5.41) is 9.54. The van der Waals surface area contributed by atoms with Gasteiger partial charge in [0.15, 0.2) is 0 Å². The van der Waals surface area contributed by atoms with Gasteiger partial charge in [-0.15, -0.1) is 0 Å². The Hall–Kier alpha value is -2.93. The van der Waals surface area contributed by atoms with E-state index < -0.39 is 28.6 Å². The Labute approximate surface area is 138 Å². The molecular formula is C16H10ClFN2O4. The van der Waals surface area contributed by atoms with Crippen LogP contribution in [0.5, 0.6) is 0 Å². The van der Waals surface area contributed by atoms with E-state index in [9.17, 15) is 18.8 Å². The van der Waals surface area contributed by atoms with Gasteiger partial charge in [0.1, 0.15) is 5.82 Å². The van der Waals surface area contributed by atoms with Crippen LogP contribution < -0.4 is 11.2 Å². The van der Waals surface area contributed by atoms with Crippen molar-refractivity contribution in [1.82, 2.24) is 9.55 Å². The number of rotatable bonds is 3. The normalized spacial score (nSPS) is 10.9. The number of halogens is 2. The molecule has 3 aromatic rings. The predicted octanol–water partition coefficient (Wildman–Crippen LogP) is 2.23. The van der Waals surface area contributed by atoms with Crippen LogP contribution in [0.25, 0.3) is 10.9 Å². The summed E-state index contributed by atoms with van der Waals surface area (Å²) >= 11 is 5.87. The van der Waals surface area contributed by atoms with Crippen LogP contribution in [0.1, 0.15) is 15.9 Å². The Morgan fingerprint density at radius 2 is 1.96 bits per heavy atom. The summed E-state index contributed by atoms with van der Waals surface area (Å²) in [6.45, 7) is -0.0334. The molecule has 8 heteroatoms. The number of carboxylic acids is 1. The highest BCUT2D eigenvalue weighted by molar-refractivity contribution is 6.31. The molecule has 0 aliphatic rings. The van der Waals surface area contributed by atoms with Gasteiger partial charge in [0.05, 0.1) is 23.0 Å². The van der Waals surface area contributed by atoms with Gasteiger partial charge in [0, 0.05) is 5.02 Å². The molecule has 0 bridgehead atoms. The maximum absolute atomic E-state index is 13.5. The smallest absolute Gasteiger partial charge is 0.338 e. The van der Waals surface area contributed by atoms with Gasteiger partial charge in [-0.05, 0) is 35.9 Å². The van der Waals surface area contributed by atoms with E-state index in [1.165, 1.54) is 28.8 Å². The van der Waals surface area contributed by atoms with E-state index in [1.54, 1.807) is 0 Å². The van der Waals surface area contributed by atoms with Crippen LogP contribution in [-0.4, -0.2) is 20.6 Å². The lowest BCUT2D eigenvalue weighted by atomic mass is 10.1. The van der Waals surface area contributed by atoms with Gasteiger partial charge in [-0.25, -0.2) is 14.0 Å². The van der Waals surface area contributed by atoms with Gasteiger partial charge in [-0.3, -0.25) is 14.3 Å². The fourth-order valence-electron chi connectivity index (χ4n) is 2.44. The minimum absolute atomic E-state index is 0.0334. The maximum atomic E-state index is 13.5. The van der Waals surface area contributed by atoms with Crippen molar-refractivity contribution in [3.63, 3.8) is 0 Å². The Morgan fingerprint density at radius 3 is 2.67 bits per heavy atom. The number of H-pyrrole nitrogens is 1. The second kappa shape index (κ2) is 5.93. The first kappa shape index (κ1) is 15.9. The largest absolute Gasteiger partial charge is 0.478 e. The number of nitrogens with zero attached hydrogens (tertiary/aromatic N) is 1. The molecule has 24 heavy (non-hydrogen) atoms. The van der Waals surface area contributed by atoms with Gasteiger partial charge in [0.25, 0.3) is 5.56 Å². The first-order valence-electron chi connectivity index (χ1n) is 6.81. The highest BCUT2D eigenvalue weighted by Gasteiger charge is 2.13. The van der Waals surface area contributed by atoms with Gasteiger partial charge in [0.2, 0.25) is 0 Å². The molecule has 0 radical (unpaired) electrons. The van der Waals surface area contributed by atoms with Gasteiger partial charge < -0.3 is 5.11 Å². The number of carboxylic acid groups (broad SMARTS) is 1. The van der Waals surface area contributed by atoms with E-state index in [4.69, 9.17) is 16.7 Å². The zero-order valence-corrected chi connectivity index (χ0v) is 12.8. The first-order valence-corrected chi connectivity index (χ1v) is 7.18. The highest BCUT2D eigenvalue weighted by Crippen LogP contribution is 2.17. The molecule has 0 aliphatic carbocycles. The Bertz CT molecular complexity index is 1090. The van der Waals surface area contributed by atoms with Gasteiger partial charge >= 0.3 is 11.7 Å². The van der Waals surface area contributed by atoms with Crippen LogP contribution in [0.15, 0.2) is 46.0 Å². The lowest BCUT2D eigenvalue weighted by molar-refractivity contribution is 0.0691. The number of aromatic carboxylic acids is 1. The van der Waals surface area contributed by atoms with Crippen molar-refractivity contribution in [3.8, 4) is 0 Å².